The van der Waals surface area contributed by atoms with E-state index in [1.54, 1.807) is 18.7 Å². The number of carbonyl (C=O) groups is 1. The Kier molecular flexibility index (Phi) is 5.34. The zero-order chi connectivity index (χ0) is 13.7. The highest BCUT2D eigenvalue weighted by Crippen LogP contribution is 2.18. The number of amides is 1. The summed E-state index contributed by atoms with van der Waals surface area (Å²) in [4.78, 5) is 14.2. The van der Waals surface area contributed by atoms with Gasteiger partial charge >= 0.3 is 0 Å². The van der Waals surface area contributed by atoms with Crippen LogP contribution in [0.15, 0.2) is 4.52 Å². The number of hydrogen-bond donors (Lipinski definition) is 1. The molecule has 0 unspecified atom stereocenters. The number of aryl methyl sites for hydroxylation is 2. The minimum Gasteiger partial charge on any atom is -0.395 e. The summed E-state index contributed by atoms with van der Waals surface area (Å²) in [7, 11) is 0. The summed E-state index contributed by atoms with van der Waals surface area (Å²) in [6.45, 7) is 7.88. The predicted molar refractivity (Wildman–Crippen MR) is 68.5 cm³/mol. The topological polar surface area (TPSA) is 66.6 Å². The molecule has 1 amide bonds. The molecule has 0 saturated carbocycles. The number of hydrogen-bond acceptors (Lipinski definition) is 4. The maximum atomic E-state index is 12.5. The van der Waals surface area contributed by atoms with Gasteiger partial charge < -0.3 is 14.5 Å². The fourth-order valence-corrected chi connectivity index (χ4v) is 2.22. The molecule has 1 rings (SSSR count). The molecule has 0 saturated heterocycles. The number of carbonyl (C=O) groups excluding carboxylic acids is 1. The van der Waals surface area contributed by atoms with E-state index in [2.05, 4.69) is 5.16 Å². The molecule has 5 nitrogen and oxygen atoms in total. The number of rotatable bonds is 6. The fourth-order valence-electron chi connectivity index (χ4n) is 2.22. The van der Waals surface area contributed by atoms with Crippen molar-refractivity contribution in [1.29, 1.82) is 0 Å². The molecule has 0 radical (unpaired) electrons. The van der Waals surface area contributed by atoms with Crippen molar-refractivity contribution in [3.05, 3.63) is 17.0 Å². The van der Waals surface area contributed by atoms with E-state index in [-0.39, 0.29) is 18.6 Å². The van der Waals surface area contributed by atoms with Crippen LogP contribution in [0.3, 0.4) is 0 Å². The van der Waals surface area contributed by atoms with Gasteiger partial charge in [0.1, 0.15) is 11.3 Å². The first-order chi connectivity index (χ1) is 8.56. The molecule has 0 spiro atoms. The zero-order valence-corrected chi connectivity index (χ0v) is 11.6. The molecular weight excluding hydrogens is 232 g/mol. The van der Waals surface area contributed by atoms with Gasteiger partial charge in [0, 0.05) is 12.6 Å². The first-order valence-corrected chi connectivity index (χ1v) is 6.41. The summed E-state index contributed by atoms with van der Waals surface area (Å²) in [6, 6.07) is 0.137. The van der Waals surface area contributed by atoms with Crippen molar-refractivity contribution in [2.75, 3.05) is 13.2 Å². The number of aliphatic hydroxyl groups is 1. The van der Waals surface area contributed by atoms with Crippen molar-refractivity contribution < 1.29 is 14.4 Å². The first-order valence-electron chi connectivity index (χ1n) is 6.41. The molecule has 0 aromatic carbocycles. The lowest BCUT2D eigenvalue weighted by molar-refractivity contribution is 0.0620. The Bertz CT molecular complexity index is 377. The van der Waals surface area contributed by atoms with Crippen LogP contribution in [0.1, 0.15) is 48.5 Å². The molecule has 0 atom stereocenters. The molecule has 0 bridgehead atoms. The van der Waals surface area contributed by atoms with Gasteiger partial charge in [0.15, 0.2) is 0 Å². The molecule has 0 aliphatic rings. The Morgan fingerprint density at radius 3 is 2.39 bits per heavy atom. The lowest BCUT2D eigenvalue weighted by atomic mass is 10.1. The quantitative estimate of drug-likeness (QED) is 0.842. The number of nitrogens with zero attached hydrogens (tertiary/aromatic N) is 2. The summed E-state index contributed by atoms with van der Waals surface area (Å²) < 4.78 is 5.03. The lowest BCUT2D eigenvalue weighted by Crippen LogP contribution is -2.42. The third-order valence-corrected chi connectivity index (χ3v) is 3.23. The van der Waals surface area contributed by atoms with E-state index in [9.17, 15) is 4.79 Å². The highest BCUT2D eigenvalue weighted by atomic mass is 16.5. The second-order valence-electron chi connectivity index (χ2n) is 4.39. The maximum absolute atomic E-state index is 12.5. The number of aromatic nitrogens is 1. The van der Waals surface area contributed by atoms with Crippen LogP contribution < -0.4 is 0 Å². The molecule has 0 aliphatic carbocycles. The van der Waals surface area contributed by atoms with Crippen LogP contribution in [-0.4, -0.2) is 40.3 Å². The molecular formula is C13H22N2O3. The first kappa shape index (κ1) is 14.7. The van der Waals surface area contributed by atoms with Crippen LogP contribution in [0.4, 0.5) is 0 Å². The van der Waals surface area contributed by atoms with Crippen LogP contribution >= 0.6 is 0 Å². The van der Waals surface area contributed by atoms with Crippen LogP contribution in [0.2, 0.25) is 0 Å². The molecule has 102 valence electrons. The van der Waals surface area contributed by atoms with Crippen molar-refractivity contribution in [1.82, 2.24) is 10.1 Å². The van der Waals surface area contributed by atoms with Gasteiger partial charge in [-0.15, -0.1) is 0 Å². The third kappa shape index (κ3) is 2.90. The molecule has 5 heteroatoms. The summed E-state index contributed by atoms with van der Waals surface area (Å²) in [5, 5.41) is 12.9. The third-order valence-electron chi connectivity index (χ3n) is 3.23. The maximum Gasteiger partial charge on any atom is 0.259 e. The van der Waals surface area contributed by atoms with Crippen LogP contribution in [0.25, 0.3) is 0 Å². The summed E-state index contributed by atoms with van der Waals surface area (Å²) in [6.07, 6.45) is 1.73. The van der Waals surface area contributed by atoms with E-state index in [1.807, 2.05) is 13.8 Å². The van der Waals surface area contributed by atoms with E-state index in [0.29, 0.717) is 23.6 Å². The van der Waals surface area contributed by atoms with E-state index < -0.39 is 0 Å². The van der Waals surface area contributed by atoms with Gasteiger partial charge in [0.05, 0.1) is 12.3 Å². The van der Waals surface area contributed by atoms with Gasteiger partial charge in [-0.3, -0.25) is 4.79 Å². The molecule has 1 N–H and O–H groups in total. The van der Waals surface area contributed by atoms with Crippen LogP contribution in [0, 0.1) is 13.8 Å². The van der Waals surface area contributed by atoms with Crippen molar-refractivity contribution in [3.8, 4) is 0 Å². The average molecular weight is 254 g/mol. The van der Waals surface area contributed by atoms with E-state index in [0.717, 1.165) is 12.8 Å². The highest BCUT2D eigenvalue weighted by molar-refractivity contribution is 5.96. The van der Waals surface area contributed by atoms with Gasteiger partial charge in [-0.2, -0.15) is 0 Å². The Morgan fingerprint density at radius 1 is 1.39 bits per heavy atom. The average Bonchev–Trinajstić information content (AvgIpc) is 2.68. The van der Waals surface area contributed by atoms with Gasteiger partial charge in [-0.1, -0.05) is 19.0 Å². The summed E-state index contributed by atoms with van der Waals surface area (Å²) in [5.74, 6) is 0.431. The Labute approximate surface area is 108 Å². The second kappa shape index (κ2) is 6.54. The summed E-state index contributed by atoms with van der Waals surface area (Å²) >= 11 is 0. The second-order valence-corrected chi connectivity index (χ2v) is 4.39. The molecule has 0 aliphatic heterocycles. The highest BCUT2D eigenvalue weighted by Gasteiger charge is 2.26. The van der Waals surface area contributed by atoms with E-state index in [4.69, 9.17) is 9.63 Å². The van der Waals surface area contributed by atoms with Crippen molar-refractivity contribution in [2.45, 2.75) is 46.6 Å². The standard InChI is InChI=1S/C13H22N2O3/c1-5-11(6-2)15(7-8-16)13(17)12-9(3)14-18-10(12)4/h11,16H,5-8H2,1-4H3. The van der Waals surface area contributed by atoms with Crippen molar-refractivity contribution >= 4 is 5.91 Å². The van der Waals surface area contributed by atoms with Gasteiger partial charge in [-0.05, 0) is 26.7 Å². The molecule has 1 aromatic heterocycles. The largest absolute Gasteiger partial charge is 0.395 e. The normalized spacial score (nSPS) is 11.0. The monoisotopic (exact) mass is 254 g/mol. The van der Waals surface area contributed by atoms with Gasteiger partial charge in [0.25, 0.3) is 5.91 Å². The SMILES string of the molecule is CCC(CC)N(CCO)C(=O)c1c(C)noc1C. The van der Waals surface area contributed by atoms with Crippen molar-refractivity contribution in [2.24, 2.45) is 0 Å². The van der Waals surface area contributed by atoms with Crippen LogP contribution in [0.5, 0.6) is 0 Å². The molecule has 1 heterocycles. The zero-order valence-electron chi connectivity index (χ0n) is 11.6. The lowest BCUT2D eigenvalue weighted by Gasteiger charge is -2.29. The van der Waals surface area contributed by atoms with Crippen molar-refractivity contribution in [3.63, 3.8) is 0 Å². The van der Waals surface area contributed by atoms with E-state index in [1.165, 1.54) is 0 Å². The van der Waals surface area contributed by atoms with E-state index >= 15 is 0 Å². The Morgan fingerprint density at radius 2 is 2.00 bits per heavy atom. The predicted octanol–water partition coefficient (Wildman–Crippen LogP) is 1.91. The molecule has 18 heavy (non-hydrogen) atoms. The fraction of sp³-hybridized carbons (Fsp3) is 0.692. The Hall–Kier alpha value is -1.36. The number of aliphatic hydroxyl groups excluding tert-OH is 1. The smallest absolute Gasteiger partial charge is 0.259 e. The van der Waals surface area contributed by atoms with Crippen LogP contribution in [-0.2, 0) is 0 Å². The molecule has 1 aromatic rings. The minimum absolute atomic E-state index is 0.0361. The Balaban J connectivity index is 3.03. The minimum atomic E-state index is -0.103. The summed E-state index contributed by atoms with van der Waals surface area (Å²) in [5.41, 5.74) is 1.13. The van der Waals surface area contributed by atoms with Gasteiger partial charge in [-0.25, -0.2) is 0 Å². The molecule has 0 fully saturated rings. The van der Waals surface area contributed by atoms with Gasteiger partial charge in [0.2, 0.25) is 0 Å².